The Labute approximate surface area is 114 Å². The summed E-state index contributed by atoms with van der Waals surface area (Å²) < 4.78 is 0. The molecule has 7 heteroatoms. The van der Waals surface area contributed by atoms with E-state index < -0.39 is 27.8 Å². The van der Waals surface area contributed by atoms with Gasteiger partial charge in [0.05, 0.1) is 0 Å². The number of H-pyrrole nitrogens is 1. The highest BCUT2D eigenvalue weighted by atomic mass is 16.6. The van der Waals surface area contributed by atoms with Crippen LogP contribution in [0.25, 0.3) is 10.9 Å². The minimum atomic E-state index is -1.42. The number of nitro groups is 2. The molecule has 0 saturated carbocycles. The predicted octanol–water partition coefficient (Wildman–Crippen LogP) is 2.58. The van der Waals surface area contributed by atoms with Gasteiger partial charge in [0.25, 0.3) is 0 Å². The Bertz CT molecular complexity index is 662. The molecule has 1 aromatic carbocycles. The van der Waals surface area contributed by atoms with Crippen LogP contribution in [0, 0.1) is 20.2 Å². The number of aromatic amines is 1. The quantitative estimate of drug-likeness (QED) is 0.670. The van der Waals surface area contributed by atoms with E-state index in [4.69, 9.17) is 0 Å². The molecule has 0 bridgehead atoms. The van der Waals surface area contributed by atoms with Crippen LogP contribution in [0.4, 0.5) is 0 Å². The van der Waals surface area contributed by atoms with Crippen LogP contribution >= 0.6 is 0 Å². The Morgan fingerprint density at radius 1 is 1.25 bits per heavy atom. The molecule has 1 atom stereocenters. The first-order valence-electron chi connectivity index (χ1n) is 6.16. The second kappa shape index (κ2) is 4.92. The van der Waals surface area contributed by atoms with Gasteiger partial charge in [0.15, 0.2) is 0 Å². The third-order valence-electron chi connectivity index (χ3n) is 3.65. The summed E-state index contributed by atoms with van der Waals surface area (Å²) in [4.78, 5) is 24.2. The third kappa shape index (κ3) is 2.34. The van der Waals surface area contributed by atoms with Gasteiger partial charge in [-0.25, -0.2) is 0 Å². The Kier molecular flexibility index (Phi) is 3.44. The van der Waals surface area contributed by atoms with Crippen LogP contribution in [0.5, 0.6) is 0 Å². The Morgan fingerprint density at radius 2 is 1.90 bits per heavy atom. The molecule has 106 valence electrons. The first-order valence-corrected chi connectivity index (χ1v) is 6.16. The van der Waals surface area contributed by atoms with Crippen molar-refractivity contribution in [2.45, 2.75) is 25.3 Å². The lowest BCUT2D eigenvalue weighted by Gasteiger charge is -2.23. The fourth-order valence-corrected chi connectivity index (χ4v) is 2.36. The van der Waals surface area contributed by atoms with Crippen molar-refractivity contribution in [1.29, 1.82) is 0 Å². The summed E-state index contributed by atoms with van der Waals surface area (Å²) >= 11 is 0. The number of nitrogens with one attached hydrogen (secondary N) is 1. The summed E-state index contributed by atoms with van der Waals surface area (Å²) in [6.45, 7) is 2.36. The van der Waals surface area contributed by atoms with Crippen molar-refractivity contribution in [2.75, 3.05) is 6.54 Å². The van der Waals surface area contributed by atoms with Gasteiger partial charge in [-0.15, -0.1) is 0 Å². The number of aromatic nitrogens is 1. The molecule has 0 amide bonds. The smallest absolute Gasteiger partial charge is 0.229 e. The standard InChI is InChI=1S/C13H15N3O4/c1-13(2,16(19)20)11(8-15(17)18)10-7-14-12-6-4-3-5-9(10)12/h3-7,11,14H,8H2,1-2H3. The molecule has 2 rings (SSSR count). The molecular formula is C13H15N3O4. The number of hydrogen-bond donors (Lipinski definition) is 1. The molecule has 2 aromatic rings. The molecule has 1 N–H and O–H groups in total. The summed E-state index contributed by atoms with van der Waals surface area (Å²) in [5, 5.41) is 22.9. The highest BCUT2D eigenvalue weighted by Crippen LogP contribution is 2.35. The largest absolute Gasteiger partial charge is 0.361 e. The van der Waals surface area contributed by atoms with Crippen molar-refractivity contribution in [1.82, 2.24) is 4.98 Å². The molecule has 7 nitrogen and oxygen atoms in total. The van der Waals surface area contributed by atoms with Crippen molar-refractivity contribution < 1.29 is 9.85 Å². The average molecular weight is 277 g/mol. The summed E-state index contributed by atoms with van der Waals surface area (Å²) in [6.07, 6.45) is 1.63. The summed E-state index contributed by atoms with van der Waals surface area (Å²) in [6, 6.07) is 7.29. The van der Waals surface area contributed by atoms with E-state index in [0.29, 0.717) is 5.56 Å². The molecule has 0 spiro atoms. The molecule has 0 fully saturated rings. The average Bonchev–Trinajstić information content (AvgIpc) is 2.79. The molecular weight excluding hydrogens is 262 g/mol. The van der Waals surface area contributed by atoms with Crippen molar-refractivity contribution in [3.8, 4) is 0 Å². The predicted molar refractivity (Wildman–Crippen MR) is 74.0 cm³/mol. The van der Waals surface area contributed by atoms with Gasteiger partial charge in [-0.3, -0.25) is 20.2 Å². The number of para-hydroxylation sites is 1. The first-order chi connectivity index (χ1) is 9.34. The zero-order valence-corrected chi connectivity index (χ0v) is 11.2. The maximum Gasteiger partial charge on any atom is 0.229 e. The van der Waals surface area contributed by atoms with Crippen molar-refractivity contribution >= 4 is 10.9 Å². The lowest BCUT2D eigenvalue weighted by atomic mass is 9.82. The molecule has 0 radical (unpaired) electrons. The van der Waals surface area contributed by atoms with Crippen molar-refractivity contribution in [3.63, 3.8) is 0 Å². The van der Waals surface area contributed by atoms with E-state index >= 15 is 0 Å². The van der Waals surface area contributed by atoms with Crippen LogP contribution in [0.15, 0.2) is 30.5 Å². The van der Waals surface area contributed by atoms with Gasteiger partial charge in [-0.05, 0) is 11.6 Å². The van der Waals surface area contributed by atoms with Gasteiger partial charge in [0.1, 0.15) is 5.92 Å². The molecule has 1 aromatic heterocycles. The molecule has 20 heavy (non-hydrogen) atoms. The van der Waals surface area contributed by atoms with E-state index in [0.717, 1.165) is 10.9 Å². The number of hydrogen-bond acceptors (Lipinski definition) is 4. The fourth-order valence-electron chi connectivity index (χ4n) is 2.36. The Morgan fingerprint density at radius 3 is 2.50 bits per heavy atom. The normalized spacial score (nSPS) is 13.3. The lowest BCUT2D eigenvalue weighted by Crippen LogP contribution is -2.41. The van der Waals surface area contributed by atoms with Crippen LogP contribution in [0.1, 0.15) is 25.3 Å². The Hall–Kier alpha value is -2.44. The topological polar surface area (TPSA) is 102 Å². The van der Waals surface area contributed by atoms with Crippen LogP contribution in [-0.2, 0) is 0 Å². The van der Waals surface area contributed by atoms with Crippen molar-refractivity contribution in [3.05, 3.63) is 56.3 Å². The first kappa shape index (κ1) is 14.0. The third-order valence-corrected chi connectivity index (χ3v) is 3.65. The van der Waals surface area contributed by atoms with Crippen molar-refractivity contribution in [2.24, 2.45) is 0 Å². The van der Waals surface area contributed by atoms with E-state index in [9.17, 15) is 20.2 Å². The van der Waals surface area contributed by atoms with E-state index in [1.807, 2.05) is 24.3 Å². The van der Waals surface area contributed by atoms with Gasteiger partial charge in [0, 0.05) is 40.8 Å². The minimum Gasteiger partial charge on any atom is -0.361 e. The number of nitrogens with zero attached hydrogens (tertiary/aromatic N) is 2. The van der Waals surface area contributed by atoms with E-state index in [1.54, 1.807) is 6.20 Å². The minimum absolute atomic E-state index is 0.455. The van der Waals surface area contributed by atoms with Gasteiger partial charge in [0.2, 0.25) is 12.1 Å². The van der Waals surface area contributed by atoms with Crippen LogP contribution < -0.4 is 0 Å². The maximum atomic E-state index is 11.2. The maximum absolute atomic E-state index is 11.2. The highest BCUT2D eigenvalue weighted by molar-refractivity contribution is 5.83. The molecule has 0 saturated heterocycles. The fraction of sp³-hybridized carbons (Fsp3) is 0.385. The van der Waals surface area contributed by atoms with E-state index in [1.165, 1.54) is 13.8 Å². The highest BCUT2D eigenvalue weighted by Gasteiger charge is 2.45. The zero-order valence-electron chi connectivity index (χ0n) is 11.2. The molecule has 0 aliphatic rings. The summed E-state index contributed by atoms with van der Waals surface area (Å²) in [5.74, 6) is -0.802. The molecule has 0 aliphatic carbocycles. The lowest BCUT2D eigenvalue weighted by molar-refractivity contribution is -0.579. The summed E-state index contributed by atoms with van der Waals surface area (Å²) in [7, 11) is 0. The molecule has 1 heterocycles. The monoisotopic (exact) mass is 277 g/mol. The second-order valence-electron chi connectivity index (χ2n) is 5.27. The SMILES string of the molecule is CC(C)(C(C[N+](=O)[O-])c1c[nH]c2ccccc12)[N+](=O)[O-]. The van der Waals surface area contributed by atoms with E-state index in [-0.39, 0.29) is 0 Å². The van der Waals surface area contributed by atoms with Gasteiger partial charge in [-0.1, -0.05) is 18.2 Å². The van der Waals surface area contributed by atoms with Crippen LogP contribution in [-0.4, -0.2) is 26.9 Å². The van der Waals surface area contributed by atoms with Gasteiger partial charge in [-0.2, -0.15) is 0 Å². The van der Waals surface area contributed by atoms with Crippen LogP contribution in [0.3, 0.4) is 0 Å². The zero-order chi connectivity index (χ0) is 14.9. The summed E-state index contributed by atoms with van der Waals surface area (Å²) in [5.41, 5.74) is 0.00638. The Balaban J connectivity index is 2.57. The number of fused-ring (bicyclic) bond motifs is 1. The second-order valence-corrected chi connectivity index (χ2v) is 5.27. The van der Waals surface area contributed by atoms with Gasteiger partial charge < -0.3 is 4.98 Å². The molecule has 1 unspecified atom stereocenters. The molecule has 0 aliphatic heterocycles. The van der Waals surface area contributed by atoms with Gasteiger partial charge >= 0.3 is 0 Å². The number of rotatable bonds is 5. The number of benzene rings is 1. The van der Waals surface area contributed by atoms with E-state index in [2.05, 4.69) is 4.98 Å². The van der Waals surface area contributed by atoms with Crippen LogP contribution in [0.2, 0.25) is 0 Å².